The molecule has 0 aliphatic carbocycles. The molecular formula is C10H15NO2. The molecule has 0 bridgehead atoms. The smallest absolute Gasteiger partial charge is 0.149 e. The van der Waals surface area contributed by atoms with Gasteiger partial charge in [-0.2, -0.15) is 5.26 Å². The first-order chi connectivity index (χ1) is 6.08. The Morgan fingerprint density at radius 2 is 2.46 bits per heavy atom. The van der Waals surface area contributed by atoms with Gasteiger partial charge in [-0.1, -0.05) is 0 Å². The summed E-state index contributed by atoms with van der Waals surface area (Å²) >= 11 is 0. The summed E-state index contributed by atoms with van der Waals surface area (Å²) in [5.41, 5.74) is -0.852. The van der Waals surface area contributed by atoms with Crippen molar-refractivity contribution < 1.29 is 9.53 Å². The van der Waals surface area contributed by atoms with Gasteiger partial charge in [0.15, 0.2) is 0 Å². The Bertz CT molecular complexity index is 238. The fourth-order valence-electron chi connectivity index (χ4n) is 1.53. The molecule has 0 aromatic carbocycles. The Labute approximate surface area is 78.7 Å². The Hall–Kier alpha value is -0.880. The van der Waals surface area contributed by atoms with Crippen LogP contribution in [0.1, 0.15) is 33.1 Å². The highest BCUT2D eigenvalue weighted by molar-refractivity contribution is 5.84. The minimum atomic E-state index is -0.852. The molecule has 1 aliphatic heterocycles. The van der Waals surface area contributed by atoms with Crippen LogP contribution in [0.4, 0.5) is 0 Å². The minimum absolute atomic E-state index is 0.0644. The van der Waals surface area contributed by atoms with E-state index < -0.39 is 5.41 Å². The molecule has 1 aliphatic rings. The maximum atomic E-state index is 11.2. The third-order valence-electron chi connectivity index (χ3n) is 2.68. The fourth-order valence-corrected chi connectivity index (χ4v) is 1.53. The summed E-state index contributed by atoms with van der Waals surface area (Å²) in [6, 6.07) is 2.08. The Morgan fingerprint density at radius 3 is 2.85 bits per heavy atom. The first-order valence-corrected chi connectivity index (χ1v) is 4.62. The third-order valence-corrected chi connectivity index (χ3v) is 2.68. The molecule has 1 saturated heterocycles. The van der Waals surface area contributed by atoms with Crippen molar-refractivity contribution in [1.82, 2.24) is 0 Å². The maximum absolute atomic E-state index is 11.2. The van der Waals surface area contributed by atoms with E-state index in [0.29, 0.717) is 6.42 Å². The second-order valence-corrected chi connectivity index (χ2v) is 3.84. The number of Topliss-reactive ketones (excluding diaryl/α,β-unsaturated/α-hetero) is 1. The summed E-state index contributed by atoms with van der Waals surface area (Å²) in [6.07, 6.45) is 2.67. The second-order valence-electron chi connectivity index (χ2n) is 3.84. The van der Waals surface area contributed by atoms with Crippen molar-refractivity contribution in [3.63, 3.8) is 0 Å². The van der Waals surface area contributed by atoms with Gasteiger partial charge < -0.3 is 4.74 Å². The lowest BCUT2D eigenvalue weighted by Gasteiger charge is -2.21. The molecule has 2 unspecified atom stereocenters. The Balaban J connectivity index is 2.58. The molecular weight excluding hydrogens is 166 g/mol. The first-order valence-electron chi connectivity index (χ1n) is 4.62. The van der Waals surface area contributed by atoms with E-state index in [-0.39, 0.29) is 11.9 Å². The normalized spacial score (nSPS) is 26.4. The average Bonchev–Trinajstić information content (AvgIpc) is 2.56. The second kappa shape index (κ2) is 3.89. The van der Waals surface area contributed by atoms with Crippen LogP contribution in [0.3, 0.4) is 0 Å². The highest BCUT2D eigenvalue weighted by Gasteiger charge is 2.34. The van der Waals surface area contributed by atoms with Crippen LogP contribution < -0.4 is 0 Å². The molecule has 13 heavy (non-hydrogen) atoms. The summed E-state index contributed by atoms with van der Waals surface area (Å²) in [5.74, 6) is -0.0644. The summed E-state index contributed by atoms with van der Waals surface area (Å²) in [4.78, 5) is 11.2. The lowest BCUT2D eigenvalue weighted by Crippen LogP contribution is -2.28. The number of hydrogen-bond donors (Lipinski definition) is 0. The molecule has 3 heteroatoms. The van der Waals surface area contributed by atoms with E-state index in [9.17, 15) is 4.79 Å². The molecule has 0 spiro atoms. The predicted octanol–water partition coefficient (Wildman–Crippen LogP) is 1.67. The number of ether oxygens (including phenoxy) is 1. The van der Waals surface area contributed by atoms with Gasteiger partial charge in [0.05, 0.1) is 12.2 Å². The Morgan fingerprint density at radius 1 is 1.77 bits per heavy atom. The van der Waals surface area contributed by atoms with Gasteiger partial charge in [-0.3, -0.25) is 4.79 Å². The molecule has 0 saturated carbocycles. The molecule has 72 valence electrons. The molecule has 0 radical (unpaired) electrons. The number of nitrogens with zero attached hydrogens (tertiary/aromatic N) is 1. The Kier molecular flexibility index (Phi) is 3.05. The fraction of sp³-hybridized carbons (Fsp3) is 0.800. The maximum Gasteiger partial charge on any atom is 0.149 e. The number of carbonyl (C=O) groups excluding carboxylic acids is 1. The van der Waals surface area contributed by atoms with Crippen LogP contribution in [0.15, 0.2) is 0 Å². The van der Waals surface area contributed by atoms with Gasteiger partial charge in [-0.05, 0) is 33.1 Å². The van der Waals surface area contributed by atoms with Gasteiger partial charge in [0, 0.05) is 6.61 Å². The molecule has 1 heterocycles. The molecule has 2 atom stereocenters. The quantitative estimate of drug-likeness (QED) is 0.665. The van der Waals surface area contributed by atoms with Crippen LogP contribution in [-0.4, -0.2) is 18.5 Å². The monoisotopic (exact) mass is 181 g/mol. The van der Waals surface area contributed by atoms with E-state index >= 15 is 0 Å². The van der Waals surface area contributed by atoms with Gasteiger partial charge in [0.1, 0.15) is 11.2 Å². The highest BCUT2D eigenvalue weighted by atomic mass is 16.5. The number of rotatable bonds is 3. The van der Waals surface area contributed by atoms with Gasteiger partial charge in [-0.15, -0.1) is 0 Å². The number of nitriles is 1. The predicted molar refractivity (Wildman–Crippen MR) is 48.0 cm³/mol. The summed E-state index contributed by atoms with van der Waals surface area (Å²) in [5, 5.41) is 8.89. The van der Waals surface area contributed by atoms with E-state index in [4.69, 9.17) is 10.00 Å². The molecule has 0 N–H and O–H groups in total. The number of carbonyl (C=O) groups is 1. The molecule has 1 rings (SSSR count). The van der Waals surface area contributed by atoms with E-state index in [1.165, 1.54) is 6.92 Å². The molecule has 1 fully saturated rings. The summed E-state index contributed by atoms with van der Waals surface area (Å²) < 4.78 is 5.40. The van der Waals surface area contributed by atoms with Crippen LogP contribution >= 0.6 is 0 Å². The zero-order valence-corrected chi connectivity index (χ0v) is 8.17. The molecule has 3 nitrogen and oxygen atoms in total. The van der Waals surface area contributed by atoms with Crippen LogP contribution in [0, 0.1) is 16.7 Å². The van der Waals surface area contributed by atoms with E-state index in [1.807, 2.05) is 0 Å². The van der Waals surface area contributed by atoms with Crippen molar-refractivity contribution in [2.24, 2.45) is 5.41 Å². The summed E-state index contributed by atoms with van der Waals surface area (Å²) in [7, 11) is 0. The van der Waals surface area contributed by atoms with Crippen molar-refractivity contribution in [2.75, 3.05) is 6.61 Å². The van der Waals surface area contributed by atoms with Gasteiger partial charge >= 0.3 is 0 Å². The molecule has 0 aromatic heterocycles. The topological polar surface area (TPSA) is 50.1 Å². The average molecular weight is 181 g/mol. The number of hydrogen-bond acceptors (Lipinski definition) is 3. The standard InChI is InChI=1S/C10H15NO2/c1-8(12)10(2,7-11)6-9-4-3-5-13-9/h9H,3-6H2,1-2H3. The number of ketones is 1. The van der Waals surface area contributed by atoms with Crippen molar-refractivity contribution in [2.45, 2.75) is 39.2 Å². The lowest BCUT2D eigenvalue weighted by atomic mass is 9.82. The summed E-state index contributed by atoms with van der Waals surface area (Å²) in [6.45, 7) is 3.93. The first kappa shape index (κ1) is 10.2. The van der Waals surface area contributed by atoms with Gasteiger partial charge in [0.25, 0.3) is 0 Å². The molecule has 0 aromatic rings. The van der Waals surface area contributed by atoms with Crippen LogP contribution in [-0.2, 0) is 9.53 Å². The van der Waals surface area contributed by atoms with Crippen LogP contribution in [0.2, 0.25) is 0 Å². The van der Waals surface area contributed by atoms with Gasteiger partial charge in [0.2, 0.25) is 0 Å². The van der Waals surface area contributed by atoms with E-state index in [2.05, 4.69) is 6.07 Å². The SMILES string of the molecule is CC(=O)C(C)(C#N)CC1CCCO1. The highest BCUT2D eigenvalue weighted by Crippen LogP contribution is 2.29. The minimum Gasteiger partial charge on any atom is -0.378 e. The zero-order chi connectivity index (χ0) is 9.90. The van der Waals surface area contributed by atoms with Gasteiger partial charge in [-0.25, -0.2) is 0 Å². The van der Waals surface area contributed by atoms with Crippen molar-refractivity contribution in [3.05, 3.63) is 0 Å². The van der Waals surface area contributed by atoms with E-state index in [0.717, 1.165) is 19.4 Å². The molecule has 0 amide bonds. The van der Waals surface area contributed by atoms with Crippen molar-refractivity contribution in [3.8, 4) is 6.07 Å². The van der Waals surface area contributed by atoms with Crippen LogP contribution in [0.5, 0.6) is 0 Å². The van der Waals surface area contributed by atoms with Crippen molar-refractivity contribution >= 4 is 5.78 Å². The third kappa shape index (κ3) is 2.28. The van der Waals surface area contributed by atoms with E-state index in [1.54, 1.807) is 6.92 Å². The van der Waals surface area contributed by atoms with Crippen LogP contribution in [0.25, 0.3) is 0 Å². The lowest BCUT2D eigenvalue weighted by molar-refractivity contribution is -0.124. The zero-order valence-electron chi connectivity index (χ0n) is 8.17. The van der Waals surface area contributed by atoms with Crippen molar-refractivity contribution in [1.29, 1.82) is 5.26 Å². The largest absolute Gasteiger partial charge is 0.378 e.